The first-order valence-electron chi connectivity index (χ1n) is 6.12. The van der Waals surface area contributed by atoms with E-state index in [1.165, 1.54) is 17.2 Å². The van der Waals surface area contributed by atoms with Crippen molar-refractivity contribution in [2.75, 3.05) is 5.32 Å². The van der Waals surface area contributed by atoms with Crippen molar-refractivity contribution >= 4 is 5.82 Å². The summed E-state index contributed by atoms with van der Waals surface area (Å²) in [6.07, 6.45) is 1.98. The first-order chi connectivity index (χ1) is 8.70. The number of hydrogen-bond acceptors (Lipinski definition) is 3. The van der Waals surface area contributed by atoms with Crippen LogP contribution in [-0.4, -0.2) is 16.0 Å². The Morgan fingerprint density at radius 1 is 1.28 bits per heavy atom. The van der Waals surface area contributed by atoms with Gasteiger partial charge in [-0.15, -0.1) is 0 Å². The molecule has 2 aromatic rings. The van der Waals surface area contributed by atoms with Gasteiger partial charge in [-0.3, -0.25) is 4.79 Å². The molecule has 0 unspecified atom stereocenters. The largest absolute Gasteiger partial charge is 0.366 e. The van der Waals surface area contributed by atoms with Gasteiger partial charge in [0.05, 0.1) is 0 Å². The quantitative estimate of drug-likeness (QED) is 0.840. The average molecular weight is 241 g/mol. The highest BCUT2D eigenvalue weighted by Gasteiger charge is 2.20. The number of aromatic amines is 1. The lowest BCUT2D eigenvalue weighted by Crippen LogP contribution is -2.22. The first kappa shape index (κ1) is 11.0. The summed E-state index contributed by atoms with van der Waals surface area (Å²) in [7, 11) is 0. The molecule has 0 fully saturated rings. The maximum atomic E-state index is 11.4. The molecule has 0 bridgehead atoms. The molecular weight excluding hydrogens is 226 g/mol. The zero-order valence-electron chi connectivity index (χ0n) is 10.2. The van der Waals surface area contributed by atoms with Gasteiger partial charge < -0.3 is 10.3 Å². The van der Waals surface area contributed by atoms with Crippen molar-refractivity contribution in [3.8, 4) is 0 Å². The first-order valence-corrected chi connectivity index (χ1v) is 6.12. The number of hydrogen-bond donors (Lipinski definition) is 2. The number of nitrogens with one attached hydrogen (secondary N) is 2. The molecular formula is C14H15N3O. The van der Waals surface area contributed by atoms with Gasteiger partial charge in [-0.1, -0.05) is 24.3 Å². The minimum Gasteiger partial charge on any atom is -0.366 e. The van der Waals surface area contributed by atoms with Crippen molar-refractivity contribution in [2.45, 2.75) is 25.8 Å². The van der Waals surface area contributed by atoms with E-state index in [1.54, 1.807) is 6.92 Å². The van der Waals surface area contributed by atoms with Crippen LogP contribution in [0, 0.1) is 6.92 Å². The van der Waals surface area contributed by atoms with Crippen LogP contribution in [0.25, 0.3) is 0 Å². The normalized spacial score (nSPS) is 14.5. The molecule has 1 aliphatic carbocycles. The molecule has 1 aromatic heterocycles. The molecule has 0 spiro atoms. The van der Waals surface area contributed by atoms with E-state index in [0.717, 1.165) is 12.8 Å². The third kappa shape index (κ3) is 2.14. The van der Waals surface area contributed by atoms with Crippen LogP contribution in [0.2, 0.25) is 0 Å². The van der Waals surface area contributed by atoms with Gasteiger partial charge in [0.1, 0.15) is 11.6 Å². The molecule has 92 valence electrons. The Morgan fingerprint density at radius 2 is 1.94 bits per heavy atom. The molecule has 0 saturated heterocycles. The van der Waals surface area contributed by atoms with E-state index >= 15 is 0 Å². The fraction of sp³-hybridized carbons (Fsp3) is 0.286. The van der Waals surface area contributed by atoms with Crippen LogP contribution in [0.3, 0.4) is 0 Å². The number of H-pyrrole nitrogens is 1. The summed E-state index contributed by atoms with van der Waals surface area (Å²) in [4.78, 5) is 18.3. The lowest BCUT2D eigenvalue weighted by atomic mass is 10.1. The molecule has 1 heterocycles. The summed E-state index contributed by atoms with van der Waals surface area (Å²) in [5, 5.41) is 3.34. The van der Waals surface area contributed by atoms with Gasteiger partial charge in [0.15, 0.2) is 0 Å². The Balaban J connectivity index is 1.78. The Labute approximate surface area is 105 Å². The lowest BCUT2D eigenvalue weighted by Gasteiger charge is -2.12. The van der Waals surface area contributed by atoms with Crippen LogP contribution in [0.15, 0.2) is 35.1 Å². The summed E-state index contributed by atoms with van der Waals surface area (Å²) in [5.41, 5.74) is 2.66. The van der Waals surface area contributed by atoms with Crippen molar-refractivity contribution in [1.82, 2.24) is 9.97 Å². The second-order valence-corrected chi connectivity index (χ2v) is 4.73. The molecule has 0 aliphatic heterocycles. The second kappa shape index (κ2) is 4.29. The molecule has 1 aliphatic rings. The lowest BCUT2D eigenvalue weighted by molar-refractivity contribution is 0.765. The van der Waals surface area contributed by atoms with E-state index < -0.39 is 0 Å². The van der Waals surface area contributed by atoms with Crippen molar-refractivity contribution in [1.29, 1.82) is 0 Å². The molecule has 4 heteroatoms. The molecule has 18 heavy (non-hydrogen) atoms. The van der Waals surface area contributed by atoms with Gasteiger partial charge >= 0.3 is 0 Å². The van der Waals surface area contributed by atoms with Gasteiger partial charge in [-0.25, -0.2) is 4.98 Å². The van der Waals surface area contributed by atoms with E-state index in [4.69, 9.17) is 0 Å². The van der Waals surface area contributed by atoms with Crippen molar-refractivity contribution in [3.63, 3.8) is 0 Å². The minimum atomic E-state index is -0.111. The molecule has 0 amide bonds. The Hall–Kier alpha value is -2.10. The number of rotatable bonds is 2. The van der Waals surface area contributed by atoms with Crippen LogP contribution in [0.4, 0.5) is 5.82 Å². The number of nitrogens with zero attached hydrogens (tertiary/aromatic N) is 1. The van der Waals surface area contributed by atoms with Crippen LogP contribution in [0.1, 0.15) is 17.0 Å². The third-order valence-electron chi connectivity index (χ3n) is 3.26. The van der Waals surface area contributed by atoms with Gasteiger partial charge in [-0.05, 0) is 30.9 Å². The summed E-state index contributed by atoms with van der Waals surface area (Å²) in [5.74, 6) is 1.30. The fourth-order valence-corrected chi connectivity index (χ4v) is 2.52. The number of anilines is 1. The number of aryl methyl sites for hydroxylation is 1. The molecule has 4 nitrogen and oxygen atoms in total. The SMILES string of the molecule is Cc1nc(NC2Cc3ccccc3C2)cc(=O)[nH]1. The zero-order valence-corrected chi connectivity index (χ0v) is 10.2. The van der Waals surface area contributed by atoms with Crippen molar-refractivity contribution in [3.05, 3.63) is 57.6 Å². The monoisotopic (exact) mass is 241 g/mol. The summed E-state index contributed by atoms with van der Waals surface area (Å²) in [6.45, 7) is 1.79. The van der Waals surface area contributed by atoms with Crippen LogP contribution < -0.4 is 10.9 Å². The summed E-state index contributed by atoms with van der Waals surface area (Å²) >= 11 is 0. The zero-order chi connectivity index (χ0) is 12.5. The Kier molecular flexibility index (Phi) is 2.63. The molecule has 0 atom stereocenters. The van der Waals surface area contributed by atoms with Crippen molar-refractivity contribution in [2.24, 2.45) is 0 Å². The van der Waals surface area contributed by atoms with Gasteiger partial charge in [0.2, 0.25) is 0 Å². The molecule has 0 radical (unpaired) electrons. The van der Waals surface area contributed by atoms with E-state index in [0.29, 0.717) is 17.7 Å². The van der Waals surface area contributed by atoms with Crippen molar-refractivity contribution < 1.29 is 0 Å². The highest BCUT2D eigenvalue weighted by Crippen LogP contribution is 2.23. The predicted octanol–water partition coefficient (Wildman–Crippen LogP) is 1.66. The summed E-state index contributed by atoms with van der Waals surface area (Å²) in [6, 6.07) is 10.3. The fourth-order valence-electron chi connectivity index (χ4n) is 2.52. The van der Waals surface area contributed by atoms with E-state index in [9.17, 15) is 4.79 Å². The van der Waals surface area contributed by atoms with Gasteiger partial charge in [0, 0.05) is 12.1 Å². The molecule has 0 saturated carbocycles. The smallest absolute Gasteiger partial charge is 0.252 e. The maximum absolute atomic E-state index is 11.4. The number of fused-ring (bicyclic) bond motifs is 1. The molecule has 3 rings (SSSR count). The van der Waals surface area contributed by atoms with Gasteiger partial charge in [-0.2, -0.15) is 0 Å². The second-order valence-electron chi connectivity index (χ2n) is 4.73. The Bertz CT molecular complexity index is 608. The molecule has 2 N–H and O–H groups in total. The highest BCUT2D eigenvalue weighted by atomic mass is 16.1. The van der Waals surface area contributed by atoms with Crippen LogP contribution in [0.5, 0.6) is 0 Å². The summed E-state index contributed by atoms with van der Waals surface area (Å²) < 4.78 is 0. The minimum absolute atomic E-state index is 0.111. The Morgan fingerprint density at radius 3 is 2.56 bits per heavy atom. The predicted molar refractivity (Wildman–Crippen MR) is 70.9 cm³/mol. The standard InChI is InChI=1S/C14H15N3O/c1-9-15-13(8-14(18)16-9)17-12-6-10-4-2-3-5-11(10)7-12/h2-5,8,12H,6-7H2,1H3,(H2,15,16,17,18). The van der Waals surface area contributed by atoms with Crippen LogP contribution >= 0.6 is 0 Å². The van der Waals surface area contributed by atoms with E-state index in [2.05, 4.69) is 39.6 Å². The maximum Gasteiger partial charge on any atom is 0.252 e. The molecule has 1 aromatic carbocycles. The topological polar surface area (TPSA) is 57.8 Å². The number of aromatic nitrogens is 2. The van der Waals surface area contributed by atoms with Crippen LogP contribution in [-0.2, 0) is 12.8 Å². The third-order valence-corrected chi connectivity index (χ3v) is 3.26. The number of benzene rings is 1. The van der Waals surface area contributed by atoms with Gasteiger partial charge in [0.25, 0.3) is 5.56 Å². The average Bonchev–Trinajstić information content (AvgIpc) is 2.69. The van der Waals surface area contributed by atoms with E-state index in [-0.39, 0.29) is 5.56 Å². The highest BCUT2D eigenvalue weighted by molar-refractivity contribution is 5.40. The van der Waals surface area contributed by atoms with E-state index in [1.807, 2.05) is 0 Å².